The quantitative estimate of drug-likeness (QED) is 0.155. The van der Waals surface area contributed by atoms with Crippen molar-refractivity contribution in [2.24, 2.45) is 5.92 Å². The van der Waals surface area contributed by atoms with Gasteiger partial charge in [-0.2, -0.15) is 0 Å². The van der Waals surface area contributed by atoms with Gasteiger partial charge < -0.3 is 9.47 Å². The third-order valence-corrected chi connectivity index (χ3v) is 7.80. The van der Waals surface area contributed by atoms with Crippen molar-refractivity contribution < 1.29 is 18.7 Å². The van der Waals surface area contributed by atoms with Gasteiger partial charge in [0.1, 0.15) is 17.3 Å². The smallest absolute Gasteiger partial charge is 0.346 e. The van der Waals surface area contributed by atoms with Gasteiger partial charge in [0.25, 0.3) is 0 Å². The van der Waals surface area contributed by atoms with Crippen molar-refractivity contribution in [2.75, 3.05) is 6.61 Å². The van der Waals surface area contributed by atoms with E-state index in [4.69, 9.17) is 9.47 Å². The van der Waals surface area contributed by atoms with E-state index in [1.807, 2.05) is 6.07 Å². The first-order valence-corrected chi connectivity index (χ1v) is 13.3. The molecule has 1 aliphatic carbocycles. The summed E-state index contributed by atoms with van der Waals surface area (Å²) in [5, 5.41) is 0. The largest absolute Gasteiger partial charge is 0.494 e. The van der Waals surface area contributed by atoms with Crippen molar-refractivity contribution >= 4 is 15.5 Å². The third-order valence-electron chi connectivity index (χ3n) is 6.24. The maximum atomic E-state index is 14.6. The Bertz CT molecular complexity index is 844. The number of carbonyl (C=O) groups excluding carboxylic acids is 1. The van der Waals surface area contributed by atoms with Gasteiger partial charge in [0.05, 0.1) is 12.2 Å². The molecule has 3 rings (SSSR count). The number of rotatable bonds is 11. The van der Waals surface area contributed by atoms with Crippen LogP contribution in [0.4, 0.5) is 4.39 Å². The SMILES string of the molecule is CCCCOc1ccc(OC(=O)c2ccc(CCC3CCC([Si]CC)CC3)cc2F)cc1. The van der Waals surface area contributed by atoms with Crippen LogP contribution in [0.5, 0.6) is 11.5 Å². The molecular weight excluding hydrogens is 419 g/mol. The average Bonchev–Trinajstić information content (AvgIpc) is 2.80. The molecule has 0 bridgehead atoms. The number of esters is 1. The van der Waals surface area contributed by atoms with Gasteiger partial charge >= 0.3 is 5.97 Å². The van der Waals surface area contributed by atoms with E-state index in [0.29, 0.717) is 12.4 Å². The Balaban J connectivity index is 1.48. The monoisotopic (exact) mass is 454 g/mol. The predicted octanol–water partition coefficient (Wildman–Crippen LogP) is 7.28. The van der Waals surface area contributed by atoms with Crippen molar-refractivity contribution in [3.05, 3.63) is 59.4 Å². The Morgan fingerprint density at radius 3 is 2.41 bits per heavy atom. The topological polar surface area (TPSA) is 35.5 Å². The highest BCUT2D eigenvalue weighted by molar-refractivity contribution is 6.37. The Kier molecular flexibility index (Phi) is 9.79. The molecule has 0 amide bonds. The van der Waals surface area contributed by atoms with Crippen molar-refractivity contribution in [3.8, 4) is 11.5 Å². The van der Waals surface area contributed by atoms with Crippen molar-refractivity contribution in [1.29, 1.82) is 0 Å². The molecular formula is C27H35FO3Si. The van der Waals surface area contributed by atoms with Crippen LogP contribution in [0, 0.1) is 11.7 Å². The standard InChI is InChI=1S/C27H35FO3Si/c1-3-5-18-30-22-11-13-23(14-12-22)31-27(29)25-17-10-21(19-26(25)28)7-6-20-8-15-24(16-9-20)32-4-2/h10-14,17,19-20,24H,3-9,15-16,18H2,1-2H3. The molecule has 0 spiro atoms. The second kappa shape index (κ2) is 12.8. The number of benzene rings is 2. The first-order valence-electron chi connectivity index (χ1n) is 12.1. The first-order chi connectivity index (χ1) is 15.6. The molecule has 1 fully saturated rings. The van der Waals surface area contributed by atoms with Crippen LogP contribution in [0.3, 0.4) is 0 Å². The van der Waals surface area contributed by atoms with Crippen molar-refractivity contribution in [2.45, 2.75) is 76.8 Å². The van der Waals surface area contributed by atoms with Gasteiger partial charge in [-0.3, -0.25) is 0 Å². The van der Waals surface area contributed by atoms with Gasteiger partial charge in [-0.05, 0) is 72.7 Å². The number of unbranched alkanes of at least 4 members (excludes halogenated alkanes) is 1. The molecule has 3 nitrogen and oxygen atoms in total. The first kappa shape index (κ1) is 24.5. The molecule has 172 valence electrons. The van der Waals surface area contributed by atoms with E-state index in [-0.39, 0.29) is 5.56 Å². The fourth-order valence-electron chi connectivity index (χ4n) is 4.29. The van der Waals surface area contributed by atoms with Crippen molar-refractivity contribution in [1.82, 2.24) is 0 Å². The molecule has 1 aliphatic rings. The van der Waals surface area contributed by atoms with E-state index in [0.717, 1.165) is 58.0 Å². The van der Waals surface area contributed by atoms with Gasteiger partial charge in [0, 0.05) is 9.52 Å². The highest BCUT2D eigenvalue weighted by Gasteiger charge is 2.21. The summed E-state index contributed by atoms with van der Waals surface area (Å²) >= 11 is 0. The summed E-state index contributed by atoms with van der Waals surface area (Å²) in [7, 11) is 1.11. The molecule has 2 aromatic carbocycles. The molecule has 0 unspecified atom stereocenters. The molecule has 32 heavy (non-hydrogen) atoms. The number of ether oxygens (including phenoxy) is 2. The van der Waals surface area contributed by atoms with Crippen LogP contribution in [-0.2, 0) is 6.42 Å². The minimum Gasteiger partial charge on any atom is -0.494 e. The van der Waals surface area contributed by atoms with E-state index in [2.05, 4.69) is 13.8 Å². The highest BCUT2D eigenvalue weighted by atomic mass is 28.2. The van der Waals surface area contributed by atoms with E-state index in [1.54, 1.807) is 30.3 Å². The van der Waals surface area contributed by atoms with Crippen LogP contribution in [0.1, 0.15) is 74.7 Å². The zero-order chi connectivity index (χ0) is 22.8. The number of carbonyl (C=O) groups is 1. The highest BCUT2D eigenvalue weighted by Crippen LogP contribution is 2.35. The van der Waals surface area contributed by atoms with E-state index in [9.17, 15) is 9.18 Å². The van der Waals surface area contributed by atoms with Crippen molar-refractivity contribution in [3.63, 3.8) is 0 Å². The van der Waals surface area contributed by atoms with Gasteiger partial charge in [0.2, 0.25) is 0 Å². The normalized spacial score (nSPS) is 18.3. The lowest BCUT2D eigenvalue weighted by molar-refractivity contribution is 0.0729. The van der Waals surface area contributed by atoms with Crippen LogP contribution in [0.15, 0.2) is 42.5 Å². The van der Waals surface area contributed by atoms with Crippen LogP contribution >= 0.6 is 0 Å². The van der Waals surface area contributed by atoms with Crippen LogP contribution < -0.4 is 9.47 Å². The number of aryl methyl sites for hydroxylation is 1. The number of halogens is 1. The summed E-state index contributed by atoms with van der Waals surface area (Å²) in [6.07, 6.45) is 9.31. The summed E-state index contributed by atoms with van der Waals surface area (Å²) in [5.74, 6) is 0.659. The summed E-state index contributed by atoms with van der Waals surface area (Å²) < 4.78 is 25.6. The predicted molar refractivity (Wildman–Crippen MR) is 128 cm³/mol. The molecule has 0 N–H and O–H groups in total. The molecule has 0 saturated heterocycles. The average molecular weight is 455 g/mol. The lowest BCUT2D eigenvalue weighted by Crippen LogP contribution is -2.15. The minimum atomic E-state index is -0.677. The molecule has 2 aromatic rings. The van der Waals surface area contributed by atoms with Crippen LogP contribution in [0.25, 0.3) is 0 Å². The van der Waals surface area contributed by atoms with Gasteiger partial charge in [-0.25, -0.2) is 9.18 Å². The fourth-order valence-corrected chi connectivity index (χ4v) is 5.61. The lowest BCUT2D eigenvalue weighted by atomic mass is 9.85. The summed E-state index contributed by atoms with van der Waals surface area (Å²) in [6, 6.07) is 13.1. The van der Waals surface area contributed by atoms with Gasteiger partial charge in [-0.15, -0.1) is 0 Å². The van der Waals surface area contributed by atoms with Gasteiger partial charge in [-0.1, -0.05) is 58.1 Å². The Morgan fingerprint density at radius 2 is 1.75 bits per heavy atom. The second-order valence-electron chi connectivity index (χ2n) is 8.69. The zero-order valence-electron chi connectivity index (χ0n) is 19.4. The molecule has 5 heteroatoms. The van der Waals surface area contributed by atoms with Crippen LogP contribution in [-0.4, -0.2) is 22.1 Å². The molecule has 0 atom stereocenters. The second-order valence-corrected chi connectivity index (χ2v) is 10.6. The molecule has 1 saturated carbocycles. The van der Waals surface area contributed by atoms with E-state index >= 15 is 0 Å². The summed E-state index contributed by atoms with van der Waals surface area (Å²) in [5.41, 5.74) is 1.85. The fraction of sp³-hybridized carbons (Fsp3) is 0.519. The van der Waals surface area contributed by atoms with E-state index in [1.165, 1.54) is 37.8 Å². The summed E-state index contributed by atoms with van der Waals surface area (Å²) in [4.78, 5) is 12.4. The number of hydrogen-bond acceptors (Lipinski definition) is 3. The third kappa shape index (κ3) is 7.47. The summed E-state index contributed by atoms with van der Waals surface area (Å²) in [6.45, 7) is 5.04. The molecule has 2 radical (unpaired) electrons. The Labute approximate surface area is 194 Å². The van der Waals surface area contributed by atoms with Crippen LogP contribution in [0.2, 0.25) is 11.6 Å². The molecule has 0 aliphatic heterocycles. The maximum absolute atomic E-state index is 14.6. The molecule has 0 aromatic heterocycles. The van der Waals surface area contributed by atoms with E-state index < -0.39 is 11.8 Å². The number of hydrogen-bond donors (Lipinski definition) is 0. The van der Waals surface area contributed by atoms with Gasteiger partial charge in [0.15, 0.2) is 0 Å². The Morgan fingerprint density at radius 1 is 1.03 bits per heavy atom. The lowest BCUT2D eigenvalue weighted by Gasteiger charge is -2.28. The Hall–Kier alpha value is -2.14. The zero-order valence-corrected chi connectivity index (χ0v) is 20.4. The molecule has 0 heterocycles. The minimum absolute atomic E-state index is 0.0295. The maximum Gasteiger partial charge on any atom is 0.346 e.